The van der Waals surface area contributed by atoms with E-state index in [9.17, 15) is 9.18 Å². The number of imidazole rings is 1. The largest absolute Gasteiger partial charge is 0.334 e. The Bertz CT molecular complexity index is 784. The molecule has 1 aliphatic rings. The van der Waals surface area contributed by atoms with Crippen molar-refractivity contribution in [1.82, 2.24) is 19.4 Å². The molecule has 1 aliphatic heterocycles. The van der Waals surface area contributed by atoms with Gasteiger partial charge in [-0.2, -0.15) is 0 Å². The lowest BCUT2D eigenvalue weighted by atomic mass is 10.0. The molecule has 27 heavy (non-hydrogen) atoms. The van der Waals surface area contributed by atoms with Gasteiger partial charge in [-0.1, -0.05) is 26.0 Å². The van der Waals surface area contributed by atoms with E-state index in [1.807, 2.05) is 25.1 Å². The van der Waals surface area contributed by atoms with E-state index in [1.54, 1.807) is 12.1 Å². The predicted octanol–water partition coefficient (Wildman–Crippen LogP) is 3.13. The smallest absolute Gasteiger partial charge is 0.224 e. The highest BCUT2D eigenvalue weighted by molar-refractivity contribution is 5.77. The van der Waals surface area contributed by atoms with Gasteiger partial charge in [0.2, 0.25) is 5.91 Å². The van der Waals surface area contributed by atoms with Crippen LogP contribution in [0.15, 0.2) is 30.5 Å². The molecule has 5 nitrogen and oxygen atoms in total. The van der Waals surface area contributed by atoms with Crippen LogP contribution in [0.4, 0.5) is 4.39 Å². The molecule has 1 aromatic carbocycles. The van der Waals surface area contributed by atoms with Crippen molar-refractivity contribution in [3.8, 4) is 0 Å². The fourth-order valence-corrected chi connectivity index (χ4v) is 3.67. The zero-order valence-corrected chi connectivity index (χ0v) is 16.7. The Hall–Kier alpha value is -2.21. The maximum Gasteiger partial charge on any atom is 0.224 e. The third kappa shape index (κ3) is 4.56. The predicted molar refractivity (Wildman–Crippen MR) is 103 cm³/mol. The quantitative estimate of drug-likeness (QED) is 0.810. The summed E-state index contributed by atoms with van der Waals surface area (Å²) >= 11 is 0. The summed E-state index contributed by atoms with van der Waals surface area (Å²) in [5, 5.41) is 0. The Kier molecular flexibility index (Phi) is 5.95. The van der Waals surface area contributed by atoms with Gasteiger partial charge in [0.15, 0.2) is 0 Å². The van der Waals surface area contributed by atoms with E-state index in [4.69, 9.17) is 0 Å². The highest BCUT2D eigenvalue weighted by Crippen LogP contribution is 2.22. The summed E-state index contributed by atoms with van der Waals surface area (Å²) in [6, 6.07) is 6.57. The molecule has 2 heterocycles. The van der Waals surface area contributed by atoms with Crippen LogP contribution in [0, 0.1) is 18.7 Å². The molecule has 146 valence electrons. The van der Waals surface area contributed by atoms with E-state index in [1.165, 1.54) is 12.1 Å². The van der Waals surface area contributed by atoms with Crippen LogP contribution in [0.3, 0.4) is 0 Å². The van der Waals surface area contributed by atoms with Gasteiger partial charge in [-0.15, -0.1) is 0 Å². The van der Waals surface area contributed by atoms with E-state index in [0.29, 0.717) is 18.9 Å². The van der Waals surface area contributed by atoms with Gasteiger partial charge in [-0.25, -0.2) is 9.37 Å². The van der Waals surface area contributed by atoms with Gasteiger partial charge >= 0.3 is 0 Å². The molecule has 2 aromatic rings. The Morgan fingerprint density at radius 2 is 1.93 bits per heavy atom. The fraction of sp³-hybridized carbons (Fsp3) is 0.524. The first-order chi connectivity index (χ1) is 12.8. The number of benzene rings is 1. The first-order valence-electron chi connectivity index (χ1n) is 9.58. The number of hydrogen-bond donors (Lipinski definition) is 0. The van der Waals surface area contributed by atoms with Crippen LogP contribution in [0.1, 0.15) is 37.4 Å². The van der Waals surface area contributed by atoms with Crippen molar-refractivity contribution in [3.63, 3.8) is 0 Å². The van der Waals surface area contributed by atoms with Crippen molar-refractivity contribution >= 4 is 5.91 Å². The topological polar surface area (TPSA) is 41.4 Å². The van der Waals surface area contributed by atoms with Crippen LogP contribution < -0.4 is 0 Å². The van der Waals surface area contributed by atoms with Crippen LogP contribution in [0.2, 0.25) is 0 Å². The number of rotatable bonds is 5. The molecule has 0 aliphatic carbocycles. The van der Waals surface area contributed by atoms with Crippen molar-refractivity contribution in [1.29, 1.82) is 0 Å². The van der Waals surface area contributed by atoms with Gasteiger partial charge in [0.05, 0.1) is 5.69 Å². The molecule has 1 amide bonds. The molecule has 0 bridgehead atoms. The molecule has 3 rings (SSSR count). The third-order valence-electron chi connectivity index (χ3n) is 5.55. The molecule has 1 aromatic heterocycles. The van der Waals surface area contributed by atoms with E-state index >= 15 is 0 Å². The molecule has 1 atom stereocenters. The zero-order chi connectivity index (χ0) is 19.6. The summed E-state index contributed by atoms with van der Waals surface area (Å²) in [7, 11) is 2.03. The second kappa shape index (κ2) is 8.21. The SMILES string of the molecule is Cc1ncc(CN2CCC(=O)N(Cc3ccc(F)cc3)C(C(C)C)C2)n1C. The van der Waals surface area contributed by atoms with Gasteiger partial charge < -0.3 is 9.47 Å². The Morgan fingerprint density at radius 3 is 2.52 bits per heavy atom. The lowest BCUT2D eigenvalue weighted by molar-refractivity contribution is -0.134. The first kappa shape index (κ1) is 19.5. The zero-order valence-electron chi connectivity index (χ0n) is 16.7. The first-order valence-corrected chi connectivity index (χ1v) is 9.58. The molecule has 0 radical (unpaired) electrons. The maximum absolute atomic E-state index is 13.2. The van der Waals surface area contributed by atoms with Gasteiger partial charge in [-0.3, -0.25) is 9.69 Å². The molecule has 0 saturated carbocycles. The number of carbonyl (C=O) groups is 1. The molecular formula is C21H29FN4O. The van der Waals surface area contributed by atoms with Gasteiger partial charge in [0, 0.05) is 51.9 Å². The normalized spacial score (nSPS) is 19.0. The number of aromatic nitrogens is 2. The summed E-state index contributed by atoms with van der Waals surface area (Å²) in [4.78, 5) is 21.6. The number of aryl methyl sites for hydroxylation is 1. The Balaban J connectivity index is 1.77. The average Bonchev–Trinajstić information content (AvgIpc) is 2.85. The van der Waals surface area contributed by atoms with E-state index in [-0.39, 0.29) is 17.8 Å². The standard InChI is InChI=1S/C21H29FN4O/c1-15(2)20-14-25(13-19-11-23-16(3)24(19)4)10-9-21(27)26(20)12-17-5-7-18(22)8-6-17/h5-8,11,15,20H,9-10,12-14H2,1-4H3. The summed E-state index contributed by atoms with van der Waals surface area (Å²) in [5.41, 5.74) is 2.13. The number of halogens is 1. The molecule has 6 heteroatoms. The summed E-state index contributed by atoms with van der Waals surface area (Å²) in [5.74, 6) is 1.25. The Labute approximate surface area is 160 Å². The van der Waals surface area contributed by atoms with E-state index in [2.05, 4.69) is 28.3 Å². The van der Waals surface area contributed by atoms with Crippen molar-refractivity contribution in [2.75, 3.05) is 13.1 Å². The van der Waals surface area contributed by atoms with Crippen LogP contribution in [0.5, 0.6) is 0 Å². The molecular weight excluding hydrogens is 343 g/mol. The van der Waals surface area contributed by atoms with Crippen LogP contribution in [0.25, 0.3) is 0 Å². The molecule has 1 saturated heterocycles. The molecule has 0 spiro atoms. The minimum absolute atomic E-state index is 0.124. The van der Waals surface area contributed by atoms with E-state index in [0.717, 1.165) is 36.7 Å². The minimum Gasteiger partial charge on any atom is -0.334 e. The lowest BCUT2D eigenvalue weighted by Crippen LogP contribution is -2.45. The monoisotopic (exact) mass is 372 g/mol. The van der Waals surface area contributed by atoms with Crippen LogP contribution in [-0.4, -0.2) is 44.4 Å². The number of carbonyl (C=O) groups excluding carboxylic acids is 1. The van der Waals surface area contributed by atoms with Gasteiger partial charge in [0.1, 0.15) is 11.6 Å². The summed E-state index contributed by atoms with van der Waals surface area (Å²) in [6.45, 7) is 9.21. The molecule has 1 unspecified atom stereocenters. The number of nitrogens with zero attached hydrogens (tertiary/aromatic N) is 4. The highest BCUT2D eigenvalue weighted by atomic mass is 19.1. The van der Waals surface area contributed by atoms with Crippen molar-refractivity contribution < 1.29 is 9.18 Å². The van der Waals surface area contributed by atoms with Crippen molar-refractivity contribution in [3.05, 3.63) is 53.4 Å². The molecule has 1 fully saturated rings. The lowest BCUT2D eigenvalue weighted by Gasteiger charge is -2.35. The minimum atomic E-state index is -0.251. The maximum atomic E-state index is 13.2. The van der Waals surface area contributed by atoms with Crippen molar-refractivity contribution in [2.24, 2.45) is 13.0 Å². The van der Waals surface area contributed by atoms with Crippen LogP contribution in [-0.2, 0) is 24.9 Å². The second-order valence-corrected chi connectivity index (χ2v) is 7.80. The van der Waals surface area contributed by atoms with Crippen molar-refractivity contribution in [2.45, 2.75) is 46.3 Å². The Morgan fingerprint density at radius 1 is 1.22 bits per heavy atom. The second-order valence-electron chi connectivity index (χ2n) is 7.80. The summed E-state index contributed by atoms with van der Waals surface area (Å²) in [6.07, 6.45) is 2.42. The van der Waals surface area contributed by atoms with Gasteiger partial charge in [0.25, 0.3) is 0 Å². The highest BCUT2D eigenvalue weighted by Gasteiger charge is 2.32. The van der Waals surface area contributed by atoms with E-state index < -0.39 is 0 Å². The third-order valence-corrected chi connectivity index (χ3v) is 5.55. The van der Waals surface area contributed by atoms with Crippen LogP contribution >= 0.6 is 0 Å². The summed E-state index contributed by atoms with van der Waals surface area (Å²) < 4.78 is 15.3. The number of hydrogen-bond acceptors (Lipinski definition) is 3. The van der Waals surface area contributed by atoms with Gasteiger partial charge in [-0.05, 0) is 30.5 Å². The number of amides is 1. The average molecular weight is 372 g/mol. The molecule has 0 N–H and O–H groups in total. The fourth-order valence-electron chi connectivity index (χ4n) is 3.67.